The van der Waals surface area contributed by atoms with Crippen LogP contribution in [0.3, 0.4) is 0 Å². The van der Waals surface area contributed by atoms with Crippen LogP contribution >= 0.6 is 11.3 Å². The van der Waals surface area contributed by atoms with Crippen LogP contribution < -0.4 is 10.2 Å². The molecule has 2 fully saturated rings. The molecule has 1 aromatic carbocycles. The molecule has 5 rings (SSSR count). The van der Waals surface area contributed by atoms with Crippen molar-refractivity contribution in [2.75, 3.05) is 37.5 Å². The minimum Gasteiger partial charge on any atom is -0.395 e. The van der Waals surface area contributed by atoms with E-state index >= 15 is 0 Å². The number of amides is 1. The minimum absolute atomic E-state index is 0.00483. The summed E-state index contributed by atoms with van der Waals surface area (Å²) < 4.78 is 30.6. The number of hydrogen-bond acceptors (Lipinski definition) is 11. The molecule has 0 saturated heterocycles. The van der Waals surface area contributed by atoms with E-state index in [1.807, 2.05) is 11.9 Å². The first-order chi connectivity index (χ1) is 18.8. The van der Waals surface area contributed by atoms with Crippen molar-refractivity contribution in [3.05, 3.63) is 42.0 Å². The van der Waals surface area contributed by atoms with Gasteiger partial charge in [0.25, 0.3) is 5.91 Å². The van der Waals surface area contributed by atoms with Crippen LogP contribution in [0.1, 0.15) is 37.7 Å². The number of anilines is 2. The molecule has 1 amide bonds. The topological polar surface area (TPSA) is 143 Å². The Hall–Kier alpha value is -3.13. The Balaban J connectivity index is 1.38. The van der Waals surface area contributed by atoms with Crippen molar-refractivity contribution in [1.82, 2.24) is 9.97 Å². The number of benzene rings is 1. The van der Waals surface area contributed by atoms with Crippen LogP contribution in [0.2, 0.25) is 0 Å². The van der Waals surface area contributed by atoms with E-state index in [9.17, 15) is 18.3 Å². The summed E-state index contributed by atoms with van der Waals surface area (Å²) in [7, 11) is 0.132. The largest absolute Gasteiger partial charge is 0.395 e. The van der Waals surface area contributed by atoms with Crippen LogP contribution in [0.25, 0.3) is 10.3 Å². The number of ether oxygens (including phenoxy) is 1. The lowest BCUT2D eigenvalue weighted by Gasteiger charge is -2.15. The van der Waals surface area contributed by atoms with E-state index in [4.69, 9.17) is 9.57 Å². The summed E-state index contributed by atoms with van der Waals surface area (Å²) in [4.78, 5) is 30.9. The number of pyridine rings is 1. The van der Waals surface area contributed by atoms with Gasteiger partial charge in [-0.2, -0.15) is 0 Å². The number of aliphatic hydroxyl groups excluding tert-OH is 1. The van der Waals surface area contributed by atoms with Crippen molar-refractivity contribution in [2.24, 2.45) is 5.16 Å². The van der Waals surface area contributed by atoms with Gasteiger partial charge in [0, 0.05) is 32.7 Å². The predicted octanol–water partition coefficient (Wildman–Crippen LogP) is 2.98. The Morgan fingerprint density at radius 1 is 1.13 bits per heavy atom. The van der Waals surface area contributed by atoms with Crippen LogP contribution in [0.15, 0.2) is 46.4 Å². The van der Waals surface area contributed by atoms with Gasteiger partial charge < -0.3 is 19.6 Å². The predicted molar refractivity (Wildman–Crippen MR) is 149 cm³/mol. The molecule has 2 N–H and O–H groups in total. The number of methoxy groups -OCH3 is 1. The van der Waals surface area contributed by atoms with Gasteiger partial charge in [-0.3, -0.25) is 10.1 Å². The van der Waals surface area contributed by atoms with Crippen LogP contribution in [-0.2, 0) is 24.2 Å². The third kappa shape index (κ3) is 6.21. The number of aromatic nitrogens is 2. The van der Waals surface area contributed by atoms with E-state index in [0.29, 0.717) is 52.7 Å². The standard InChI is InChI=1S/C26H31N5O6S2/c1-31(13-14-32)22-12-11-21-25(28-22)38-26(27-21)29-24(33)23(30-37-18-6-5-17(15-18)36-2)16-3-7-19(8-4-16)39(34,35)20-9-10-20/h3-4,7-8,11-12,17-18,20,32H,5-6,9-10,13-15H2,1-2H3,(H,27,29,33)/t17-,18-/m1/s1. The van der Waals surface area contributed by atoms with Gasteiger partial charge >= 0.3 is 0 Å². The Kier molecular flexibility index (Phi) is 8.12. The summed E-state index contributed by atoms with van der Waals surface area (Å²) >= 11 is 1.22. The maximum absolute atomic E-state index is 13.4. The smallest absolute Gasteiger partial charge is 0.280 e. The highest BCUT2D eigenvalue weighted by Crippen LogP contribution is 2.33. The van der Waals surface area contributed by atoms with Crippen LogP contribution in [-0.4, -0.2) is 79.9 Å². The summed E-state index contributed by atoms with van der Waals surface area (Å²) in [5.41, 5.74) is 1.06. The Bertz CT molecular complexity index is 1470. The molecule has 2 saturated carbocycles. The highest BCUT2D eigenvalue weighted by atomic mass is 32.2. The Morgan fingerprint density at radius 3 is 2.54 bits per heavy atom. The third-order valence-corrected chi connectivity index (χ3v) is 10.0. The van der Waals surface area contributed by atoms with Crippen molar-refractivity contribution in [1.29, 1.82) is 0 Å². The number of nitrogens with zero attached hydrogens (tertiary/aromatic N) is 4. The first kappa shape index (κ1) is 27.4. The van der Waals surface area contributed by atoms with E-state index in [1.54, 1.807) is 31.4 Å². The van der Waals surface area contributed by atoms with Gasteiger partial charge in [-0.15, -0.1) is 0 Å². The third-order valence-electron chi connectivity index (χ3n) is 6.89. The summed E-state index contributed by atoms with van der Waals surface area (Å²) in [6.45, 7) is 0.443. The van der Waals surface area contributed by atoms with E-state index in [-0.39, 0.29) is 34.7 Å². The normalized spacial score (nSPS) is 19.8. The van der Waals surface area contributed by atoms with E-state index in [2.05, 4.69) is 20.4 Å². The highest BCUT2D eigenvalue weighted by molar-refractivity contribution is 7.92. The molecule has 2 atom stereocenters. The van der Waals surface area contributed by atoms with E-state index in [1.165, 1.54) is 23.5 Å². The molecule has 0 bridgehead atoms. The molecule has 0 unspecified atom stereocenters. The van der Waals surface area contributed by atoms with Gasteiger partial charge in [0.1, 0.15) is 22.3 Å². The number of likely N-dealkylation sites (N-methyl/N-ethyl adjacent to an activating group) is 1. The maximum atomic E-state index is 13.4. The van der Waals surface area contributed by atoms with Crippen molar-refractivity contribution in [3.63, 3.8) is 0 Å². The molecule has 0 spiro atoms. The molecule has 2 aliphatic rings. The lowest BCUT2D eigenvalue weighted by Crippen LogP contribution is -2.25. The molecule has 2 aromatic heterocycles. The summed E-state index contributed by atoms with van der Waals surface area (Å²) in [6, 6.07) is 9.78. The monoisotopic (exact) mass is 573 g/mol. The molecule has 0 radical (unpaired) electrons. The Labute approximate surface area is 230 Å². The number of carbonyl (C=O) groups is 1. The van der Waals surface area contributed by atoms with Gasteiger partial charge in [-0.25, -0.2) is 18.4 Å². The van der Waals surface area contributed by atoms with Crippen molar-refractivity contribution >= 4 is 54.1 Å². The molecular weight excluding hydrogens is 542 g/mol. The lowest BCUT2D eigenvalue weighted by molar-refractivity contribution is -0.110. The van der Waals surface area contributed by atoms with E-state index < -0.39 is 15.7 Å². The molecule has 208 valence electrons. The molecular formula is C26H31N5O6S2. The SMILES string of the molecule is CO[C@@H]1CC[C@@H](ON=C(C(=O)Nc2nc3ccc(N(C)CCO)nc3s2)c2ccc(S(=O)(=O)C3CC3)cc2)C1. The van der Waals surface area contributed by atoms with Crippen LogP contribution in [0.5, 0.6) is 0 Å². The van der Waals surface area contributed by atoms with E-state index in [0.717, 1.165) is 12.8 Å². The molecule has 39 heavy (non-hydrogen) atoms. The Morgan fingerprint density at radius 2 is 1.87 bits per heavy atom. The van der Waals surface area contributed by atoms with Crippen LogP contribution in [0, 0.1) is 0 Å². The fourth-order valence-electron chi connectivity index (χ4n) is 4.43. The summed E-state index contributed by atoms with van der Waals surface area (Å²) in [5, 5.41) is 16.2. The number of carbonyl (C=O) groups excluding carboxylic acids is 1. The second-order valence-corrected chi connectivity index (χ2v) is 12.9. The minimum atomic E-state index is -3.36. The number of sulfone groups is 1. The maximum Gasteiger partial charge on any atom is 0.280 e. The van der Waals surface area contributed by atoms with Gasteiger partial charge in [0.2, 0.25) is 0 Å². The number of nitrogens with one attached hydrogen (secondary N) is 1. The fourth-order valence-corrected chi connectivity index (χ4v) is 6.92. The lowest BCUT2D eigenvalue weighted by atomic mass is 10.1. The molecule has 11 nitrogen and oxygen atoms in total. The molecule has 2 aliphatic carbocycles. The van der Waals surface area contributed by atoms with Crippen molar-refractivity contribution in [2.45, 2.75) is 54.5 Å². The molecule has 13 heteroatoms. The zero-order chi connectivity index (χ0) is 27.6. The number of hydrogen-bond donors (Lipinski definition) is 2. The number of oxime groups is 1. The second-order valence-electron chi connectivity index (χ2n) is 9.72. The van der Waals surface area contributed by atoms with Gasteiger partial charge in [-0.05, 0) is 49.9 Å². The average Bonchev–Trinajstić information content (AvgIpc) is 3.57. The molecule has 3 aromatic rings. The van der Waals surface area contributed by atoms with Gasteiger partial charge in [0.05, 0.1) is 22.9 Å². The summed E-state index contributed by atoms with van der Waals surface area (Å²) in [5.74, 6) is 0.145. The van der Waals surface area contributed by atoms with Crippen molar-refractivity contribution < 1.29 is 27.9 Å². The number of thiazole rings is 1. The van der Waals surface area contributed by atoms with Gasteiger partial charge in [0.15, 0.2) is 20.7 Å². The van der Waals surface area contributed by atoms with Crippen molar-refractivity contribution in [3.8, 4) is 0 Å². The van der Waals surface area contributed by atoms with Gasteiger partial charge in [-0.1, -0.05) is 28.6 Å². The van der Waals surface area contributed by atoms with Crippen LogP contribution in [0.4, 0.5) is 10.9 Å². The summed E-state index contributed by atoms with van der Waals surface area (Å²) in [6.07, 6.45) is 3.52. The zero-order valence-electron chi connectivity index (χ0n) is 21.7. The quantitative estimate of drug-likeness (QED) is 0.261. The molecule has 2 heterocycles. The average molecular weight is 574 g/mol. The zero-order valence-corrected chi connectivity index (χ0v) is 23.4. The second kappa shape index (κ2) is 11.5. The first-order valence-corrected chi connectivity index (χ1v) is 15.2. The fraction of sp³-hybridized carbons (Fsp3) is 0.462. The first-order valence-electron chi connectivity index (χ1n) is 12.8. The molecule has 0 aliphatic heterocycles. The highest BCUT2D eigenvalue weighted by Gasteiger charge is 2.37. The number of fused-ring (bicyclic) bond motifs is 1. The number of rotatable bonds is 11. The number of aliphatic hydroxyl groups is 1.